The van der Waals surface area contributed by atoms with Crippen LogP contribution in [0.5, 0.6) is 0 Å². The van der Waals surface area contributed by atoms with Crippen LogP contribution >= 0.6 is 0 Å². The summed E-state index contributed by atoms with van der Waals surface area (Å²) in [5.41, 5.74) is 5.85. The predicted octanol–water partition coefficient (Wildman–Crippen LogP) is 1.27. The second kappa shape index (κ2) is 8.13. The summed E-state index contributed by atoms with van der Waals surface area (Å²) in [5.74, 6) is 0. The Bertz CT molecular complexity index is 781. The van der Waals surface area contributed by atoms with E-state index in [0.29, 0.717) is 25.9 Å². The summed E-state index contributed by atoms with van der Waals surface area (Å²) >= 11 is 0. The van der Waals surface area contributed by atoms with Crippen molar-refractivity contribution < 1.29 is 16.8 Å². The van der Waals surface area contributed by atoms with Gasteiger partial charge in [0.15, 0.2) is 0 Å². The zero-order chi connectivity index (χ0) is 18.7. The maximum absolute atomic E-state index is 12.6. The van der Waals surface area contributed by atoms with E-state index >= 15 is 0 Å². The van der Waals surface area contributed by atoms with Gasteiger partial charge in [-0.3, -0.25) is 0 Å². The van der Waals surface area contributed by atoms with Crippen LogP contribution in [0.3, 0.4) is 0 Å². The van der Waals surface area contributed by atoms with Gasteiger partial charge in [-0.25, -0.2) is 21.6 Å². The Kier molecular flexibility index (Phi) is 6.61. The molecule has 3 N–H and O–H groups in total. The molecule has 25 heavy (non-hydrogen) atoms. The topological polar surface area (TPSA) is 110 Å². The molecule has 0 aromatic heterocycles. The number of nitrogens with two attached hydrogens (primary N) is 1. The molecule has 0 aliphatic heterocycles. The molecular formula is C16H27N3O4S2. The van der Waals surface area contributed by atoms with Crippen LogP contribution in [0.4, 0.5) is 0 Å². The molecule has 7 nitrogen and oxygen atoms in total. The molecule has 0 spiro atoms. The fraction of sp³-hybridized carbons (Fsp3) is 0.625. The molecule has 0 atom stereocenters. The molecule has 0 heterocycles. The second-order valence-electron chi connectivity index (χ2n) is 6.30. The van der Waals surface area contributed by atoms with E-state index in [-0.39, 0.29) is 21.9 Å². The summed E-state index contributed by atoms with van der Waals surface area (Å²) in [6, 6.07) is 5.49. The summed E-state index contributed by atoms with van der Waals surface area (Å²) in [4.78, 5) is -0.0413. The van der Waals surface area contributed by atoms with Gasteiger partial charge in [0.05, 0.1) is 9.79 Å². The van der Waals surface area contributed by atoms with Gasteiger partial charge in [0.2, 0.25) is 20.0 Å². The van der Waals surface area contributed by atoms with Crippen molar-refractivity contribution in [1.82, 2.24) is 9.03 Å². The van der Waals surface area contributed by atoms with E-state index in [2.05, 4.69) is 4.72 Å². The van der Waals surface area contributed by atoms with E-state index in [1.165, 1.54) is 28.6 Å². The van der Waals surface area contributed by atoms with Gasteiger partial charge >= 0.3 is 0 Å². The molecule has 1 aliphatic carbocycles. The highest BCUT2D eigenvalue weighted by Gasteiger charge is 2.27. The van der Waals surface area contributed by atoms with Crippen molar-refractivity contribution in [2.45, 2.75) is 61.4 Å². The van der Waals surface area contributed by atoms with E-state index in [4.69, 9.17) is 5.73 Å². The molecule has 0 unspecified atom stereocenters. The summed E-state index contributed by atoms with van der Waals surface area (Å²) in [7, 11) is -7.47. The van der Waals surface area contributed by atoms with Crippen LogP contribution < -0.4 is 10.5 Å². The molecule has 9 heteroatoms. The minimum atomic E-state index is -3.77. The van der Waals surface area contributed by atoms with Crippen molar-refractivity contribution >= 4 is 20.0 Å². The van der Waals surface area contributed by atoms with Crippen LogP contribution in [0.2, 0.25) is 0 Å². The van der Waals surface area contributed by atoms with Gasteiger partial charge < -0.3 is 5.73 Å². The molecule has 0 radical (unpaired) electrons. The Morgan fingerprint density at radius 1 is 1.04 bits per heavy atom. The summed E-state index contributed by atoms with van der Waals surface area (Å²) in [6.45, 7) is 4.15. The lowest BCUT2D eigenvalue weighted by Gasteiger charge is -2.26. The van der Waals surface area contributed by atoms with Crippen LogP contribution in [-0.4, -0.2) is 46.3 Å². The molecule has 1 fully saturated rings. The van der Waals surface area contributed by atoms with Crippen molar-refractivity contribution in [3.05, 3.63) is 24.3 Å². The van der Waals surface area contributed by atoms with E-state index in [0.717, 1.165) is 12.8 Å². The number of rotatable bonds is 7. The average Bonchev–Trinajstić information content (AvgIpc) is 2.58. The highest BCUT2D eigenvalue weighted by atomic mass is 32.2. The van der Waals surface area contributed by atoms with Crippen molar-refractivity contribution in [1.29, 1.82) is 0 Å². The predicted molar refractivity (Wildman–Crippen MR) is 97.1 cm³/mol. The fourth-order valence-electron chi connectivity index (χ4n) is 3.04. The van der Waals surface area contributed by atoms with Crippen molar-refractivity contribution in [3.8, 4) is 0 Å². The first-order chi connectivity index (χ1) is 11.7. The van der Waals surface area contributed by atoms with Crippen molar-refractivity contribution in [2.24, 2.45) is 5.73 Å². The number of nitrogens with zero attached hydrogens (tertiary/aromatic N) is 1. The molecule has 142 valence electrons. The number of sulfonamides is 2. The maximum Gasteiger partial charge on any atom is 0.243 e. The monoisotopic (exact) mass is 389 g/mol. The van der Waals surface area contributed by atoms with Gasteiger partial charge in [-0.15, -0.1) is 0 Å². The smallest absolute Gasteiger partial charge is 0.243 e. The highest BCUT2D eigenvalue weighted by molar-refractivity contribution is 7.90. The van der Waals surface area contributed by atoms with Gasteiger partial charge in [0.1, 0.15) is 0 Å². The third kappa shape index (κ3) is 4.79. The Labute approximate surface area is 150 Å². The lowest BCUT2D eigenvalue weighted by molar-refractivity contribution is 0.373. The quantitative estimate of drug-likeness (QED) is 0.730. The minimum absolute atomic E-state index is 0.00950. The second-order valence-corrected chi connectivity index (χ2v) is 9.95. The van der Waals surface area contributed by atoms with E-state index in [1.807, 2.05) is 0 Å². The largest absolute Gasteiger partial charge is 0.328 e. The SMILES string of the molecule is CCN(CC)S(=O)(=O)c1cccc(S(=O)(=O)NC2CCC(N)CC2)c1. The highest BCUT2D eigenvalue weighted by Crippen LogP contribution is 2.22. The first-order valence-corrected chi connectivity index (χ1v) is 11.5. The van der Waals surface area contributed by atoms with E-state index in [9.17, 15) is 16.8 Å². The Balaban J connectivity index is 2.25. The van der Waals surface area contributed by atoms with Crippen molar-refractivity contribution in [2.75, 3.05) is 13.1 Å². The van der Waals surface area contributed by atoms with Crippen LogP contribution in [-0.2, 0) is 20.0 Å². The zero-order valence-corrected chi connectivity index (χ0v) is 16.3. The van der Waals surface area contributed by atoms with Gasteiger partial charge in [-0.1, -0.05) is 19.9 Å². The Morgan fingerprint density at radius 2 is 1.60 bits per heavy atom. The molecule has 0 amide bonds. The normalized spacial score (nSPS) is 22.2. The van der Waals surface area contributed by atoms with Crippen LogP contribution in [0, 0.1) is 0 Å². The average molecular weight is 390 g/mol. The van der Waals surface area contributed by atoms with Crippen LogP contribution in [0.15, 0.2) is 34.1 Å². The van der Waals surface area contributed by atoms with Gasteiger partial charge in [-0.2, -0.15) is 4.31 Å². The summed E-state index contributed by atoms with van der Waals surface area (Å²) in [6.07, 6.45) is 2.95. The van der Waals surface area contributed by atoms with E-state index < -0.39 is 20.0 Å². The summed E-state index contributed by atoms with van der Waals surface area (Å²) in [5, 5.41) is 0. The molecular weight excluding hydrogens is 362 g/mol. The number of nitrogens with one attached hydrogen (secondary N) is 1. The number of hydrogen-bond acceptors (Lipinski definition) is 5. The molecule has 1 saturated carbocycles. The lowest BCUT2D eigenvalue weighted by atomic mass is 9.93. The molecule has 1 aromatic rings. The fourth-order valence-corrected chi connectivity index (χ4v) is 5.97. The Hall–Kier alpha value is -1.00. The zero-order valence-electron chi connectivity index (χ0n) is 14.7. The summed E-state index contributed by atoms with van der Waals surface area (Å²) < 4.78 is 54.4. The van der Waals surface area contributed by atoms with Crippen LogP contribution in [0.25, 0.3) is 0 Å². The number of hydrogen-bond donors (Lipinski definition) is 2. The van der Waals surface area contributed by atoms with Crippen molar-refractivity contribution in [3.63, 3.8) is 0 Å². The van der Waals surface area contributed by atoms with Crippen LogP contribution in [0.1, 0.15) is 39.5 Å². The first-order valence-electron chi connectivity index (χ1n) is 8.58. The standard InChI is InChI=1S/C16H27N3O4S2/c1-3-19(4-2)25(22,23)16-7-5-6-15(12-16)24(20,21)18-14-10-8-13(17)9-11-14/h5-7,12-14,18H,3-4,8-11,17H2,1-2H3. The molecule has 2 rings (SSSR count). The third-order valence-corrected chi connectivity index (χ3v) is 8.12. The first kappa shape index (κ1) is 20.3. The maximum atomic E-state index is 12.6. The van der Waals surface area contributed by atoms with Gasteiger partial charge in [0.25, 0.3) is 0 Å². The minimum Gasteiger partial charge on any atom is -0.328 e. The van der Waals surface area contributed by atoms with E-state index in [1.54, 1.807) is 13.8 Å². The third-order valence-electron chi connectivity index (χ3n) is 4.55. The molecule has 1 aliphatic rings. The molecule has 1 aromatic carbocycles. The molecule has 0 saturated heterocycles. The van der Waals surface area contributed by atoms with Gasteiger partial charge in [-0.05, 0) is 43.9 Å². The number of benzene rings is 1. The van der Waals surface area contributed by atoms with Gasteiger partial charge in [0, 0.05) is 25.2 Å². The molecule has 0 bridgehead atoms. The Morgan fingerprint density at radius 3 is 2.16 bits per heavy atom. The lowest BCUT2D eigenvalue weighted by Crippen LogP contribution is -2.40.